The van der Waals surface area contributed by atoms with Crippen molar-refractivity contribution in [3.05, 3.63) is 16.1 Å². The van der Waals surface area contributed by atoms with Gasteiger partial charge in [0.2, 0.25) is 0 Å². The van der Waals surface area contributed by atoms with E-state index in [2.05, 4.69) is 10.3 Å². The quantitative estimate of drug-likeness (QED) is 0.787. The third-order valence-corrected chi connectivity index (χ3v) is 2.84. The van der Waals surface area contributed by atoms with Crippen LogP contribution in [-0.4, -0.2) is 28.1 Å². The van der Waals surface area contributed by atoms with Gasteiger partial charge in [-0.1, -0.05) is 0 Å². The molecule has 0 saturated heterocycles. The number of hydrogen-bond acceptors (Lipinski definition) is 4. The van der Waals surface area contributed by atoms with Gasteiger partial charge in [0.15, 0.2) is 0 Å². The summed E-state index contributed by atoms with van der Waals surface area (Å²) in [6, 6.07) is -0.245. The predicted molar refractivity (Wildman–Crippen MR) is 55.5 cm³/mol. The van der Waals surface area contributed by atoms with Gasteiger partial charge in [-0.25, -0.2) is 4.98 Å². The standard InChI is InChI=1S/C9H14N2O2S/c1-5(6(2)12)11-9(13)8-4-10-7(3)14-8/h4-6,12H,1-3H3,(H,11,13). The molecule has 0 aliphatic carbocycles. The van der Waals surface area contributed by atoms with Gasteiger partial charge < -0.3 is 10.4 Å². The SMILES string of the molecule is Cc1ncc(C(=O)NC(C)C(C)O)s1. The van der Waals surface area contributed by atoms with Gasteiger partial charge in [-0.05, 0) is 20.8 Å². The number of aliphatic hydroxyl groups is 1. The van der Waals surface area contributed by atoms with Crippen molar-refractivity contribution < 1.29 is 9.90 Å². The number of thiazole rings is 1. The third kappa shape index (κ3) is 2.78. The van der Waals surface area contributed by atoms with Crippen LogP contribution in [0.25, 0.3) is 0 Å². The zero-order chi connectivity index (χ0) is 10.7. The minimum Gasteiger partial charge on any atom is -0.391 e. The molecule has 0 aliphatic heterocycles. The summed E-state index contributed by atoms with van der Waals surface area (Å²) in [6.45, 7) is 5.25. The lowest BCUT2D eigenvalue weighted by Crippen LogP contribution is -2.39. The first-order valence-electron chi connectivity index (χ1n) is 4.42. The maximum atomic E-state index is 11.5. The van der Waals surface area contributed by atoms with E-state index in [4.69, 9.17) is 0 Å². The summed E-state index contributed by atoms with van der Waals surface area (Å²) < 4.78 is 0. The van der Waals surface area contributed by atoms with Crippen molar-refractivity contribution in [2.24, 2.45) is 0 Å². The molecule has 0 spiro atoms. The highest BCUT2D eigenvalue weighted by atomic mass is 32.1. The number of rotatable bonds is 3. The third-order valence-electron chi connectivity index (χ3n) is 1.93. The summed E-state index contributed by atoms with van der Waals surface area (Å²) in [5, 5.41) is 12.7. The molecule has 4 nitrogen and oxygen atoms in total. The first kappa shape index (κ1) is 11.1. The van der Waals surface area contributed by atoms with E-state index in [1.807, 2.05) is 6.92 Å². The summed E-state index contributed by atoms with van der Waals surface area (Å²) >= 11 is 1.34. The summed E-state index contributed by atoms with van der Waals surface area (Å²) in [7, 11) is 0. The van der Waals surface area contributed by atoms with Gasteiger partial charge in [0, 0.05) is 0 Å². The number of hydrogen-bond donors (Lipinski definition) is 2. The van der Waals surface area contributed by atoms with Crippen LogP contribution in [0, 0.1) is 6.92 Å². The molecule has 78 valence electrons. The molecule has 14 heavy (non-hydrogen) atoms. The number of amides is 1. The van der Waals surface area contributed by atoms with Crippen LogP contribution in [0.4, 0.5) is 0 Å². The lowest BCUT2D eigenvalue weighted by molar-refractivity contribution is 0.0877. The summed E-state index contributed by atoms with van der Waals surface area (Å²) in [4.78, 5) is 16.1. The van der Waals surface area contributed by atoms with E-state index in [0.29, 0.717) is 4.88 Å². The average molecular weight is 214 g/mol. The number of aliphatic hydroxyl groups excluding tert-OH is 1. The molecule has 2 atom stereocenters. The highest BCUT2D eigenvalue weighted by molar-refractivity contribution is 7.13. The number of nitrogens with one attached hydrogen (secondary N) is 1. The maximum absolute atomic E-state index is 11.5. The Morgan fingerprint density at radius 3 is 2.71 bits per heavy atom. The monoisotopic (exact) mass is 214 g/mol. The minimum absolute atomic E-state index is 0.177. The van der Waals surface area contributed by atoms with E-state index in [1.165, 1.54) is 11.3 Å². The fourth-order valence-electron chi connectivity index (χ4n) is 0.865. The molecule has 1 aromatic heterocycles. The van der Waals surface area contributed by atoms with E-state index in [-0.39, 0.29) is 11.9 Å². The molecule has 0 fully saturated rings. The molecule has 0 radical (unpaired) electrons. The Hall–Kier alpha value is -0.940. The van der Waals surface area contributed by atoms with Crippen LogP contribution in [0.5, 0.6) is 0 Å². The van der Waals surface area contributed by atoms with Gasteiger partial charge in [-0.3, -0.25) is 4.79 Å². The smallest absolute Gasteiger partial charge is 0.263 e. The van der Waals surface area contributed by atoms with Gasteiger partial charge in [-0.2, -0.15) is 0 Å². The van der Waals surface area contributed by atoms with Gasteiger partial charge in [0.1, 0.15) is 4.88 Å². The second-order valence-corrected chi connectivity index (χ2v) is 4.48. The molecule has 0 bridgehead atoms. The molecule has 2 N–H and O–H groups in total. The van der Waals surface area contributed by atoms with Crippen molar-refractivity contribution in [3.8, 4) is 0 Å². The van der Waals surface area contributed by atoms with E-state index >= 15 is 0 Å². The fraction of sp³-hybridized carbons (Fsp3) is 0.556. The fourth-order valence-corrected chi connectivity index (χ4v) is 1.55. The van der Waals surface area contributed by atoms with Crippen molar-refractivity contribution in [1.29, 1.82) is 0 Å². The van der Waals surface area contributed by atoms with Crippen LogP contribution < -0.4 is 5.32 Å². The van der Waals surface area contributed by atoms with Crippen molar-refractivity contribution in [1.82, 2.24) is 10.3 Å². The van der Waals surface area contributed by atoms with Crippen molar-refractivity contribution in [3.63, 3.8) is 0 Å². The van der Waals surface area contributed by atoms with Crippen LogP contribution in [0.3, 0.4) is 0 Å². The Kier molecular flexibility index (Phi) is 3.60. The molecular formula is C9H14N2O2S. The van der Waals surface area contributed by atoms with Crippen molar-refractivity contribution in [2.45, 2.75) is 32.9 Å². The highest BCUT2D eigenvalue weighted by Crippen LogP contribution is 2.11. The summed E-state index contributed by atoms with van der Waals surface area (Å²) in [5.74, 6) is -0.177. The zero-order valence-corrected chi connectivity index (χ0v) is 9.26. The first-order chi connectivity index (χ1) is 6.50. The Morgan fingerprint density at radius 1 is 1.64 bits per heavy atom. The molecule has 1 rings (SSSR count). The second kappa shape index (κ2) is 4.52. The zero-order valence-electron chi connectivity index (χ0n) is 8.44. The molecule has 0 aromatic carbocycles. The normalized spacial score (nSPS) is 14.9. The molecule has 0 saturated carbocycles. The van der Waals surface area contributed by atoms with Crippen LogP contribution >= 0.6 is 11.3 Å². The van der Waals surface area contributed by atoms with Crippen LogP contribution in [0.15, 0.2) is 6.20 Å². The Labute approximate surface area is 87.0 Å². The summed E-state index contributed by atoms with van der Waals surface area (Å²) in [6.07, 6.45) is 0.998. The topological polar surface area (TPSA) is 62.2 Å². The first-order valence-corrected chi connectivity index (χ1v) is 5.23. The number of aromatic nitrogens is 1. The van der Waals surface area contributed by atoms with Crippen LogP contribution in [-0.2, 0) is 0 Å². The predicted octanol–water partition coefficient (Wildman–Crippen LogP) is 0.951. The molecule has 5 heteroatoms. The Morgan fingerprint density at radius 2 is 2.29 bits per heavy atom. The van der Waals surface area contributed by atoms with E-state index in [0.717, 1.165) is 5.01 Å². The Balaban J connectivity index is 2.59. The molecular weight excluding hydrogens is 200 g/mol. The highest BCUT2D eigenvalue weighted by Gasteiger charge is 2.14. The number of carbonyl (C=O) groups is 1. The van der Waals surface area contributed by atoms with Gasteiger partial charge in [0.05, 0.1) is 23.4 Å². The minimum atomic E-state index is -0.548. The van der Waals surface area contributed by atoms with Crippen LogP contribution in [0.1, 0.15) is 28.5 Å². The van der Waals surface area contributed by atoms with E-state index in [1.54, 1.807) is 20.0 Å². The Bertz CT molecular complexity index is 322. The molecule has 2 unspecified atom stereocenters. The average Bonchev–Trinajstić information content (AvgIpc) is 2.51. The molecule has 0 aliphatic rings. The van der Waals surface area contributed by atoms with Gasteiger partial charge in [-0.15, -0.1) is 11.3 Å². The van der Waals surface area contributed by atoms with Crippen molar-refractivity contribution >= 4 is 17.2 Å². The number of carbonyl (C=O) groups excluding carboxylic acids is 1. The van der Waals surface area contributed by atoms with E-state index < -0.39 is 6.10 Å². The molecule has 1 heterocycles. The van der Waals surface area contributed by atoms with Gasteiger partial charge in [0.25, 0.3) is 5.91 Å². The van der Waals surface area contributed by atoms with Crippen molar-refractivity contribution in [2.75, 3.05) is 0 Å². The van der Waals surface area contributed by atoms with Crippen LogP contribution in [0.2, 0.25) is 0 Å². The largest absolute Gasteiger partial charge is 0.391 e. The lowest BCUT2D eigenvalue weighted by atomic mass is 10.2. The molecule has 1 aromatic rings. The lowest BCUT2D eigenvalue weighted by Gasteiger charge is -2.15. The molecule has 1 amide bonds. The second-order valence-electron chi connectivity index (χ2n) is 3.25. The number of nitrogens with zero attached hydrogens (tertiary/aromatic N) is 1. The van der Waals surface area contributed by atoms with E-state index in [9.17, 15) is 9.90 Å². The van der Waals surface area contributed by atoms with Gasteiger partial charge >= 0.3 is 0 Å². The maximum Gasteiger partial charge on any atom is 0.263 e. The summed E-state index contributed by atoms with van der Waals surface area (Å²) in [5.41, 5.74) is 0. The number of aryl methyl sites for hydroxylation is 1.